The fourth-order valence-electron chi connectivity index (χ4n) is 4.31. The number of aromatic nitrogens is 2. The van der Waals surface area contributed by atoms with Crippen molar-refractivity contribution in [2.45, 2.75) is 38.5 Å². The molecule has 0 bridgehead atoms. The van der Waals surface area contributed by atoms with Gasteiger partial charge in [0.15, 0.2) is 0 Å². The van der Waals surface area contributed by atoms with Crippen LogP contribution in [0.5, 0.6) is 0 Å². The summed E-state index contributed by atoms with van der Waals surface area (Å²) in [5.41, 5.74) is 2.58. The van der Waals surface area contributed by atoms with Gasteiger partial charge in [-0.05, 0) is 54.7 Å². The highest BCUT2D eigenvalue weighted by Crippen LogP contribution is 2.38. The van der Waals surface area contributed by atoms with Gasteiger partial charge in [0.2, 0.25) is 11.6 Å². The van der Waals surface area contributed by atoms with Crippen LogP contribution in [-0.2, 0) is 0 Å². The summed E-state index contributed by atoms with van der Waals surface area (Å²) in [7, 11) is 0. The van der Waals surface area contributed by atoms with Crippen molar-refractivity contribution in [2.24, 2.45) is 0 Å². The minimum Gasteiger partial charge on any atom is -0.351 e. The molecule has 10 heteroatoms. The Hall–Kier alpha value is -3.41. The normalized spacial score (nSPS) is 14.6. The molecule has 1 aliphatic heterocycles. The number of benzene rings is 2. The molecule has 2 heterocycles. The van der Waals surface area contributed by atoms with Crippen molar-refractivity contribution in [2.75, 3.05) is 23.3 Å². The van der Waals surface area contributed by atoms with Crippen molar-refractivity contribution in [3.63, 3.8) is 0 Å². The van der Waals surface area contributed by atoms with E-state index in [0.717, 1.165) is 49.9 Å². The third-order valence-corrected chi connectivity index (χ3v) is 6.71. The summed E-state index contributed by atoms with van der Waals surface area (Å²) in [4.78, 5) is 22.0. The van der Waals surface area contributed by atoms with Gasteiger partial charge >= 0.3 is 5.69 Å². The van der Waals surface area contributed by atoms with Crippen LogP contribution in [0.15, 0.2) is 42.7 Å². The smallest absolute Gasteiger partial charge is 0.351 e. The van der Waals surface area contributed by atoms with Gasteiger partial charge in [0.1, 0.15) is 6.33 Å². The molecule has 0 radical (unpaired) electrons. The Balaban J connectivity index is 1.69. The molecule has 35 heavy (non-hydrogen) atoms. The van der Waals surface area contributed by atoms with Crippen molar-refractivity contribution in [1.82, 2.24) is 9.97 Å². The maximum Gasteiger partial charge on any atom is 0.353 e. The topological polar surface area (TPSA) is 108 Å². The Morgan fingerprint density at radius 1 is 1.11 bits per heavy atom. The fourth-order valence-corrected chi connectivity index (χ4v) is 4.71. The lowest BCUT2D eigenvalue weighted by atomic mass is 9.91. The largest absolute Gasteiger partial charge is 0.353 e. The number of nitrogens with zero attached hydrogens (tertiary/aromatic N) is 5. The lowest BCUT2D eigenvalue weighted by Gasteiger charge is -2.22. The van der Waals surface area contributed by atoms with E-state index in [1.807, 2.05) is 17.9 Å². The first-order valence-electron chi connectivity index (χ1n) is 11.4. The van der Waals surface area contributed by atoms with Crippen molar-refractivity contribution < 1.29 is 4.92 Å². The predicted octanol–water partition coefficient (Wildman–Crippen LogP) is 6.78. The van der Waals surface area contributed by atoms with Crippen LogP contribution in [0.25, 0.3) is 0 Å². The maximum atomic E-state index is 12.1. The van der Waals surface area contributed by atoms with E-state index in [1.54, 1.807) is 30.3 Å². The molecule has 3 aromatic rings. The zero-order chi connectivity index (χ0) is 24.9. The maximum absolute atomic E-state index is 12.1. The SMILES string of the molecule is Cc1cc(C(C#N)c2ccc(Cl)cc2)c(Cl)cc1Nc1ncnc(N2CCCCCC2)c1[N+](=O)[O-]. The van der Waals surface area contributed by atoms with Gasteiger partial charge in [0, 0.05) is 28.8 Å². The minimum absolute atomic E-state index is 0.102. The molecular formula is C25H24Cl2N6O2. The summed E-state index contributed by atoms with van der Waals surface area (Å²) in [5.74, 6) is -0.164. The molecule has 0 spiro atoms. The van der Waals surface area contributed by atoms with Crippen LogP contribution < -0.4 is 10.2 Å². The van der Waals surface area contributed by atoms with Crippen LogP contribution in [-0.4, -0.2) is 28.0 Å². The number of hydrogen-bond acceptors (Lipinski definition) is 7. The van der Waals surface area contributed by atoms with Crippen LogP contribution in [0.1, 0.15) is 48.3 Å². The molecule has 0 aliphatic carbocycles. The van der Waals surface area contributed by atoms with Gasteiger partial charge in [-0.1, -0.05) is 54.2 Å². The van der Waals surface area contributed by atoms with E-state index >= 15 is 0 Å². The van der Waals surface area contributed by atoms with E-state index in [-0.39, 0.29) is 11.5 Å². The molecule has 1 fully saturated rings. The summed E-state index contributed by atoms with van der Waals surface area (Å²) in [6.45, 7) is 3.29. The number of nitrogens with one attached hydrogen (secondary N) is 1. The number of nitriles is 1. The average Bonchev–Trinajstić information content (AvgIpc) is 3.13. The highest BCUT2D eigenvalue weighted by atomic mass is 35.5. The molecule has 1 N–H and O–H groups in total. The van der Waals surface area contributed by atoms with Crippen molar-refractivity contribution in [3.05, 3.63) is 79.6 Å². The zero-order valence-electron chi connectivity index (χ0n) is 19.2. The summed E-state index contributed by atoms with van der Waals surface area (Å²) in [6.07, 6.45) is 5.48. The van der Waals surface area contributed by atoms with Crippen LogP contribution >= 0.6 is 23.2 Å². The van der Waals surface area contributed by atoms with Crippen LogP contribution in [0.2, 0.25) is 10.0 Å². The molecule has 1 aromatic heterocycles. The Kier molecular flexibility index (Phi) is 7.69. The molecular weight excluding hydrogens is 487 g/mol. The number of hydrogen-bond donors (Lipinski definition) is 1. The van der Waals surface area contributed by atoms with E-state index in [4.69, 9.17) is 23.2 Å². The van der Waals surface area contributed by atoms with Crippen LogP contribution in [0.3, 0.4) is 0 Å². The molecule has 0 saturated carbocycles. The van der Waals surface area contributed by atoms with Crippen LogP contribution in [0, 0.1) is 28.4 Å². The van der Waals surface area contributed by atoms with E-state index < -0.39 is 10.8 Å². The highest BCUT2D eigenvalue weighted by Gasteiger charge is 2.28. The van der Waals surface area contributed by atoms with Gasteiger partial charge in [0.25, 0.3) is 0 Å². The molecule has 1 atom stereocenters. The second-order valence-electron chi connectivity index (χ2n) is 8.48. The Morgan fingerprint density at radius 3 is 2.43 bits per heavy atom. The second-order valence-corrected chi connectivity index (χ2v) is 9.32. The lowest BCUT2D eigenvalue weighted by Crippen LogP contribution is -2.26. The molecule has 8 nitrogen and oxygen atoms in total. The number of nitro groups is 1. The van der Waals surface area contributed by atoms with Crippen LogP contribution in [0.4, 0.5) is 23.0 Å². The fraction of sp³-hybridized carbons (Fsp3) is 0.320. The molecule has 0 amide bonds. The first kappa shape index (κ1) is 24.7. The number of anilines is 3. The van der Waals surface area contributed by atoms with Gasteiger partial charge in [-0.2, -0.15) is 5.26 Å². The van der Waals surface area contributed by atoms with Crippen molar-refractivity contribution in [1.29, 1.82) is 5.26 Å². The predicted molar refractivity (Wildman–Crippen MR) is 138 cm³/mol. The molecule has 1 saturated heterocycles. The summed E-state index contributed by atoms with van der Waals surface area (Å²) >= 11 is 12.6. The summed E-state index contributed by atoms with van der Waals surface area (Å²) in [5, 5.41) is 25.9. The number of aryl methyl sites for hydroxylation is 1. The monoisotopic (exact) mass is 510 g/mol. The molecule has 2 aromatic carbocycles. The summed E-state index contributed by atoms with van der Waals surface area (Å²) in [6, 6.07) is 12.8. The molecule has 180 valence electrons. The van der Waals surface area contributed by atoms with Gasteiger partial charge in [-0.15, -0.1) is 0 Å². The molecule has 1 aliphatic rings. The Labute approximate surface area is 213 Å². The lowest BCUT2D eigenvalue weighted by molar-refractivity contribution is -0.383. The third kappa shape index (κ3) is 5.47. The van der Waals surface area contributed by atoms with E-state index in [9.17, 15) is 15.4 Å². The van der Waals surface area contributed by atoms with Gasteiger partial charge in [-0.3, -0.25) is 10.1 Å². The zero-order valence-corrected chi connectivity index (χ0v) is 20.7. The Morgan fingerprint density at radius 2 is 1.80 bits per heavy atom. The summed E-state index contributed by atoms with van der Waals surface area (Å²) < 4.78 is 0. The second kappa shape index (κ2) is 10.9. The van der Waals surface area contributed by atoms with E-state index in [0.29, 0.717) is 27.1 Å². The van der Waals surface area contributed by atoms with Gasteiger partial charge in [-0.25, -0.2) is 9.97 Å². The first-order valence-corrected chi connectivity index (χ1v) is 12.1. The third-order valence-electron chi connectivity index (χ3n) is 6.13. The standard InChI is InChI=1S/C25H24Cl2N6O2/c1-16-12-19(20(14-28)17-6-8-18(26)9-7-17)21(27)13-22(16)31-24-23(33(34)35)25(30-15-29-24)32-10-4-2-3-5-11-32/h6-9,12-13,15,20H,2-5,10-11H2,1H3,(H,29,30,31). The number of rotatable bonds is 6. The van der Waals surface area contributed by atoms with Crippen molar-refractivity contribution >= 4 is 46.2 Å². The highest BCUT2D eigenvalue weighted by molar-refractivity contribution is 6.32. The average molecular weight is 511 g/mol. The molecule has 4 rings (SSSR count). The van der Waals surface area contributed by atoms with Gasteiger partial charge in [0.05, 0.1) is 16.9 Å². The van der Waals surface area contributed by atoms with Crippen molar-refractivity contribution in [3.8, 4) is 6.07 Å². The minimum atomic E-state index is -0.587. The van der Waals surface area contributed by atoms with E-state index in [1.165, 1.54) is 6.33 Å². The van der Waals surface area contributed by atoms with E-state index in [2.05, 4.69) is 21.4 Å². The molecule has 1 unspecified atom stereocenters. The Bertz CT molecular complexity index is 1270. The number of halogens is 2. The van der Waals surface area contributed by atoms with Gasteiger partial charge < -0.3 is 10.2 Å². The first-order chi connectivity index (χ1) is 16.9. The quantitative estimate of drug-likeness (QED) is 0.287.